The van der Waals surface area contributed by atoms with Gasteiger partial charge in [-0.3, -0.25) is 9.48 Å². The van der Waals surface area contributed by atoms with E-state index >= 15 is 0 Å². The number of anilines is 1. The number of nitrogens with one attached hydrogen (secondary N) is 1. The number of nitrogens with zero attached hydrogens (tertiary/aromatic N) is 2. The number of methoxy groups -OCH3 is 1. The van der Waals surface area contributed by atoms with E-state index in [9.17, 15) is 4.79 Å². The van der Waals surface area contributed by atoms with Gasteiger partial charge in [0.15, 0.2) is 11.5 Å². The average molecular weight is 347 g/mol. The van der Waals surface area contributed by atoms with E-state index in [1.807, 2.05) is 45.3 Å². The van der Waals surface area contributed by atoms with Crippen LogP contribution in [0.2, 0.25) is 0 Å². The number of hydrogen-bond donors (Lipinski definition) is 1. The molecule has 0 radical (unpaired) electrons. The number of carbonyl (C=O) groups is 1. The molecule has 0 aliphatic carbocycles. The number of thioether (sulfide) groups is 1. The molecule has 0 bridgehead atoms. The van der Waals surface area contributed by atoms with E-state index in [0.717, 1.165) is 16.9 Å². The third-order valence-electron chi connectivity index (χ3n) is 3.74. The molecule has 2 aromatic rings. The van der Waals surface area contributed by atoms with Crippen molar-refractivity contribution in [2.24, 2.45) is 7.05 Å². The molecule has 1 aromatic carbocycles. The molecule has 1 aromatic heterocycles. The second-order valence-corrected chi connectivity index (χ2v) is 6.98. The van der Waals surface area contributed by atoms with Crippen LogP contribution >= 0.6 is 11.8 Å². The van der Waals surface area contributed by atoms with Gasteiger partial charge in [0.25, 0.3) is 0 Å². The van der Waals surface area contributed by atoms with Crippen LogP contribution in [0.4, 0.5) is 5.82 Å². The van der Waals surface area contributed by atoms with Crippen molar-refractivity contribution in [3.63, 3.8) is 0 Å². The molecule has 7 heteroatoms. The second-order valence-electron chi connectivity index (χ2n) is 5.89. The zero-order valence-corrected chi connectivity index (χ0v) is 15.0. The predicted molar refractivity (Wildman–Crippen MR) is 94.9 cm³/mol. The smallest absolute Gasteiger partial charge is 0.235 e. The lowest BCUT2D eigenvalue weighted by Crippen LogP contribution is -2.15. The predicted octanol–water partition coefficient (Wildman–Crippen LogP) is 2.99. The first kappa shape index (κ1) is 16.7. The number of rotatable bonds is 4. The number of aromatic nitrogens is 2. The largest absolute Gasteiger partial charge is 0.493 e. The minimum Gasteiger partial charge on any atom is -0.493 e. The Bertz CT molecular complexity index is 758. The van der Waals surface area contributed by atoms with Gasteiger partial charge in [-0.15, -0.1) is 11.8 Å². The minimum atomic E-state index is -0.0143. The highest BCUT2D eigenvalue weighted by molar-refractivity contribution is 8.00. The SMILES string of the molecule is COc1ccc([C@@H]2SCC(=O)Nc3c2cnn3C)cc1OC(C)C. The summed E-state index contributed by atoms with van der Waals surface area (Å²) < 4.78 is 13.0. The van der Waals surface area contributed by atoms with E-state index in [0.29, 0.717) is 17.3 Å². The molecular formula is C17H21N3O3S. The summed E-state index contributed by atoms with van der Waals surface area (Å²) in [6.07, 6.45) is 1.86. The van der Waals surface area contributed by atoms with Gasteiger partial charge in [0.05, 0.1) is 30.4 Å². The molecule has 0 fully saturated rings. The molecule has 1 amide bonds. The third kappa shape index (κ3) is 3.21. The van der Waals surface area contributed by atoms with Crippen LogP contribution < -0.4 is 14.8 Å². The van der Waals surface area contributed by atoms with Crippen LogP contribution in [0.15, 0.2) is 24.4 Å². The summed E-state index contributed by atoms with van der Waals surface area (Å²) >= 11 is 1.58. The Balaban J connectivity index is 2.03. The zero-order valence-electron chi connectivity index (χ0n) is 14.2. The maximum absolute atomic E-state index is 12.0. The topological polar surface area (TPSA) is 65.4 Å². The van der Waals surface area contributed by atoms with E-state index in [1.54, 1.807) is 23.6 Å². The maximum Gasteiger partial charge on any atom is 0.235 e. The molecule has 1 aliphatic rings. The Labute approximate surface area is 145 Å². The van der Waals surface area contributed by atoms with Crippen molar-refractivity contribution in [2.75, 3.05) is 18.2 Å². The first-order chi connectivity index (χ1) is 11.5. The van der Waals surface area contributed by atoms with Gasteiger partial charge in [0, 0.05) is 12.6 Å². The normalized spacial score (nSPS) is 17.2. The van der Waals surface area contributed by atoms with Gasteiger partial charge in [-0.05, 0) is 31.5 Å². The highest BCUT2D eigenvalue weighted by atomic mass is 32.2. The van der Waals surface area contributed by atoms with Crippen LogP contribution in [0.3, 0.4) is 0 Å². The van der Waals surface area contributed by atoms with Crippen LogP contribution in [0.25, 0.3) is 0 Å². The van der Waals surface area contributed by atoms with Crippen LogP contribution in [0, 0.1) is 0 Å². The molecule has 3 rings (SSSR count). The Morgan fingerprint density at radius 1 is 1.38 bits per heavy atom. The number of ether oxygens (including phenoxy) is 2. The molecule has 0 saturated heterocycles. The summed E-state index contributed by atoms with van der Waals surface area (Å²) in [5.41, 5.74) is 2.05. The van der Waals surface area contributed by atoms with E-state index in [2.05, 4.69) is 10.4 Å². The van der Waals surface area contributed by atoms with E-state index in [-0.39, 0.29) is 17.3 Å². The minimum absolute atomic E-state index is 0.00747. The van der Waals surface area contributed by atoms with Gasteiger partial charge in [-0.25, -0.2) is 0 Å². The van der Waals surface area contributed by atoms with Crippen molar-refractivity contribution in [1.29, 1.82) is 0 Å². The fourth-order valence-corrected chi connectivity index (χ4v) is 3.78. The third-order valence-corrected chi connectivity index (χ3v) is 5.03. The number of hydrogen-bond acceptors (Lipinski definition) is 5. The van der Waals surface area contributed by atoms with Crippen molar-refractivity contribution in [2.45, 2.75) is 25.2 Å². The van der Waals surface area contributed by atoms with E-state index < -0.39 is 0 Å². The quantitative estimate of drug-likeness (QED) is 0.921. The van der Waals surface area contributed by atoms with Crippen molar-refractivity contribution < 1.29 is 14.3 Å². The fraction of sp³-hybridized carbons (Fsp3) is 0.412. The monoisotopic (exact) mass is 347 g/mol. The fourth-order valence-electron chi connectivity index (χ4n) is 2.69. The molecule has 24 heavy (non-hydrogen) atoms. The van der Waals surface area contributed by atoms with Crippen molar-refractivity contribution in [1.82, 2.24) is 9.78 Å². The van der Waals surface area contributed by atoms with Gasteiger partial charge >= 0.3 is 0 Å². The summed E-state index contributed by atoms with van der Waals surface area (Å²) in [5, 5.41) is 7.22. The number of fused-ring (bicyclic) bond motifs is 1. The number of carbonyl (C=O) groups excluding carboxylic acids is 1. The van der Waals surface area contributed by atoms with Crippen molar-refractivity contribution >= 4 is 23.5 Å². The molecular weight excluding hydrogens is 326 g/mol. The van der Waals surface area contributed by atoms with Crippen LogP contribution in [-0.4, -0.2) is 34.7 Å². The molecule has 128 valence electrons. The van der Waals surface area contributed by atoms with Gasteiger partial charge in [-0.1, -0.05) is 6.07 Å². The maximum atomic E-state index is 12.0. The number of benzene rings is 1. The summed E-state index contributed by atoms with van der Waals surface area (Å²) in [6, 6.07) is 5.91. The van der Waals surface area contributed by atoms with Gasteiger partial charge < -0.3 is 14.8 Å². The lowest BCUT2D eigenvalue weighted by molar-refractivity contribution is -0.113. The second kappa shape index (κ2) is 6.76. The lowest BCUT2D eigenvalue weighted by atomic mass is 10.1. The Kier molecular flexibility index (Phi) is 4.71. The molecule has 0 unspecified atom stereocenters. The lowest BCUT2D eigenvalue weighted by Gasteiger charge is -2.18. The summed E-state index contributed by atoms with van der Waals surface area (Å²) in [5.74, 6) is 2.54. The molecule has 1 N–H and O–H groups in total. The molecule has 1 aliphatic heterocycles. The number of amides is 1. The summed E-state index contributed by atoms with van der Waals surface area (Å²) in [4.78, 5) is 12.0. The highest BCUT2D eigenvalue weighted by Crippen LogP contribution is 2.43. The zero-order chi connectivity index (χ0) is 17.3. The van der Waals surface area contributed by atoms with Crippen LogP contribution in [0.1, 0.15) is 30.2 Å². The Morgan fingerprint density at radius 2 is 2.17 bits per heavy atom. The van der Waals surface area contributed by atoms with Crippen LogP contribution in [0.5, 0.6) is 11.5 Å². The van der Waals surface area contributed by atoms with E-state index in [1.165, 1.54) is 0 Å². The Hall–Kier alpha value is -2.15. The summed E-state index contributed by atoms with van der Waals surface area (Å²) in [6.45, 7) is 3.96. The Morgan fingerprint density at radius 3 is 2.88 bits per heavy atom. The molecule has 0 spiro atoms. The van der Waals surface area contributed by atoms with Gasteiger partial charge in [0.1, 0.15) is 5.82 Å². The van der Waals surface area contributed by atoms with Crippen molar-refractivity contribution in [3.05, 3.63) is 35.5 Å². The van der Waals surface area contributed by atoms with Crippen LogP contribution in [-0.2, 0) is 11.8 Å². The molecule has 6 nitrogen and oxygen atoms in total. The number of aryl methyl sites for hydroxylation is 1. The molecule has 0 saturated carbocycles. The van der Waals surface area contributed by atoms with Gasteiger partial charge in [0.2, 0.25) is 5.91 Å². The average Bonchev–Trinajstić information content (AvgIpc) is 2.79. The standard InChI is InChI=1S/C17H21N3O3S/c1-10(2)23-14-7-11(5-6-13(14)22-4)16-12-8-18-20(3)17(12)19-15(21)9-24-16/h5-8,10,16H,9H2,1-4H3,(H,19,21)/t16-/m0/s1. The van der Waals surface area contributed by atoms with E-state index in [4.69, 9.17) is 9.47 Å². The van der Waals surface area contributed by atoms with Gasteiger partial charge in [-0.2, -0.15) is 5.10 Å². The molecule has 1 atom stereocenters. The van der Waals surface area contributed by atoms with Crippen molar-refractivity contribution in [3.8, 4) is 11.5 Å². The summed E-state index contributed by atoms with van der Waals surface area (Å²) in [7, 11) is 3.46. The first-order valence-electron chi connectivity index (χ1n) is 7.77. The first-order valence-corrected chi connectivity index (χ1v) is 8.82. The molecule has 2 heterocycles. The highest BCUT2D eigenvalue weighted by Gasteiger charge is 2.27.